The van der Waals surface area contributed by atoms with Crippen molar-refractivity contribution in [3.05, 3.63) is 258 Å². The van der Waals surface area contributed by atoms with Gasteiger partial charge in [0, 0.05) is 44.0 Å². The van der Waals surface area contributed by atoms with Gasteiger partial charge in [-0.2, -0.15) is 0 Å². The molecule has 1 aliphatic heterocycles. The molecule has 0 N–H and O–H groups in total. The highest BCUT2D eigenvalue weighted by Gasteiger charge is 2.52. The summed E-state index contributed by atoms with van der Waals surface area (Å²) in [7, 11) is 0. The van der Waals surface area contributed by atoms with Crippen molar-refractivity contribution in [2.75, 3.05) is 4.90 Å². The first-order chi connectivity index (χ1) is 34.0. The number of benzene rings is 11. The first kappa shape index (κ1) is 38.4. The Balaban J connectivity index is 0.983. The standard InChI is InChI=1S/C66H43NO2/c1-65(2)52-24-11-7-21-47(52)49-34-33-43(39-57(49)65)67(59-27-15-29-61-62(59)50-23-10-14-28-60(50)68-61)58-26-13-9-18-44(58)42-32-35-54-51(38-42)48-22-8-12-25-53(48)66(54)55-36-30-40-16-3-5-19-45(40)63(55)69-64-46-20-6-4-17-41(46)31-37-56(64)66/h3-39H,1-2H3. The van der Waals surface area contributed by atoms with E-state index in [9.17, 15) is 0 Å². The molecule has 0 radical (unpaired) electrons. The molecule has 3 nitrogen and oxygen atoms in total. The van der Waals surface area contributed by atoms with Crippen LogP contribution in [0, 0.1) is 0 Å². The average Bonchev–Trinajstić information content (AvgIpc) is 4.00. The lowest BCUT2D eigenvalue weighted by atomic mass is 9.65. The molecule has 0 atom stereocenters. The van der Waals surface area contributed by atoms with Gasteiger partial charge in [-0.3, -0.25) is 0 Å². The first-order valence-electron chi connectivity index (χ1n) is 24.0. The molecular formula is C66H43NO2. The summed E-state index contributed by atoms with van der Waals surface area (Å²) in [5, 5.41) is 6.74. The summed E-state index contributed by atoms with van der Waals surface area (Å²) in [6.45, 7) is 4.72. The number of anilines is 3. The molecule has 11 aromatic carbocycles. The van der Waals surface area contributed by atoms with Crippen LogP contribution in [0.1, 0.15) is 47.2 Å². The Morgan fingerprint density at radius 3 is 1.67 bits per heavy atom. The van der Waals surface area contributed by atoms with Crippen molar-refractivity contribution in [2.24, 2.45) is 0 Å². The highest BCUT2D eigenvalue weighted by molar-refractivity contribution is 6.14. The summed E-state index contributed by atoms with van der Waals surface area (Å²) in [5.74, 6) is 1.84. The van der Waals surface area contributed by atoms with Crippen LogP contribution in [0.15, 0.2) is 229 Å². The van der Waals surface area contributed by atoms with Gasteiger partial charge in [0.2, 0.25) is 0 Å². The van der Waals surface area contributed by atoms with Gasteiger partial charge in [-0.05, 0) is 103 Å². The molecule has 2 aliphatic carbocycles. The zero-order valence-corrected chi connectivity index (χ0v) is 38.1. The van der Waals surface area contributed by atoms with Gasteiger partial charge in [0.15, 0.2) is 0 Å². The Bertz CT molecular complexity index is 4090. The van der Waals surface area contributed by atoms with E-state index >= 15 is 0 Å². The van der Waals surface area contributed by atoms with Gasteiger partial charge in [-0.1, -0.05) is 196 Å². The zero-order valence-electron chi connectivity index (χ0n) is 38.1. The SMILES string of the molecule is CC1(C)c2ccccc2-c2ccc(N(c3ccccc3-c3ccc4c(c3)-c3ccccc3C43c4ccc5ccccc5c4Oc4c3ccc3ccccc43)c3cccc4oc5ccccc5c34)cc21. The topological polar surface area (TPSA) is 25.6 Å². The van der Waals surface area contributed by atoms with E-state index in [1.165, 1.54) is 44.5 Å². The Kier molecular flexibility index (Phi) is 7.77. The molecule has 0 bridgehead atoms. The largest absolute Gasteiger partial charge is 0.456 e. The van der Waals surface area contributed by atoms with E-state index in [4.69, 9.17) is 9.15 Å². The minimum atomic E-state index is -0.625. The summed E-state index contributed by atoms with van der Waals surface area (Å²) in [5.41, 5.74) is 19.1. The van der Waals surface area contributed by atoms with Crippen LogP contribution in [0.4, 0.5) is 17.1 Å². The second kappa shape index (κ2) is 13.9. The molecule has 15 rings (SSSR count). The second-order valence-electron chi connectivity index (χ2n) is 19.5. The van der Waals surface area contributed by atoms with Crippen molar-refractivity contribution in [3.8, 4) is 44.9 Å². The molecule has 0 amide bonds. The number of nitrogens with zero attached hydrogens (tertiary/aromatic N) is 1. The number of hydrogen-bond acceptors (Lipinski definition) is 3. The van der Waals surface area contributed by atoms with Crippen LogP contribution < -0.4 is 9.64 Å². The fraction of sp³-hybridized carbons (Fsp3) is 0.0606. The van der Waals surface area contributed by atoms with Crippen molar-refractivity contribution in [1.82, 2.24) is 0 Å². The first-order valence-corrected chi connectivity index (χ1v) is 24.0. The number of para-hydroxylation sites is 2. The third kappa shape index (κ3) is 5.11. The number of rotatable bonds is 4. The van der Waals surface area contributed by atoms with Crippen LogP contribution in [0.5, 0.6) is 11.5 Å². The molecule has 3 heteroatoms. The lowest BCUT2D eigenvalue weighted by Crippen LogP contribution is -2.32. The Hall–Kier alpha value is -8.66. The molecule has 324 valence electrons. The van der Waals surface area contributed by atoms with Crippen LogP contribution in [0.3, 0.4) is 0 Å². The van der Waals surface area contributed by atoms with E-state index in [1.807, 2.05) is 0 Å². The third-order valence-electron chi connectivity index (χ3n) is 15.7. The van der Waals surface area contributed by atoms with Crippen LogP contribution >= 0.6 is 0 Å². The maximum absolute atomic E-state index is 7.24. The molecule has 69 heavy (non-hydrogen) atoms. The van der Waals surface area contributed by atoms with Gasteiger partial charge >= 0.3 is 0 Å². The highest BCUT2D eigenvalue weighted by Crippen LogP contribution is 2.64. The van der Waals surface area contributed by atoms with Gasteiger partial charge in [0.25, 0.3) is 0 Å². The van der Waals surface area contributed by atoms with Gasteiger partial charge < -0.3 is 14.1 Å². The van der Waals surface area contributed by atoms with Crippen LogP contribution in [-0.2, 0) is 10.8 Å². The zero-order chi connectivity index (χ0) is 45.6. The lowest BCUT2D eigenvalue weighted by molar-refractivity contribution is 0.447. The third-order valence-corrected chi connectivity index (χ3v) is 15.7. The minimum Gasteiger partial charge on any atom is -0.456 e. The quantitative estimate of drug-likeness (QED) is 0.176. The van der Waals surface area contributed by atoms with Crippen molar-refractivity contribution >= 4 is 60.5 Å². The summed E-state index contributed by atoms with van der Waals surface area (Å²) in [6.07, 6.45) is 0. The van der Waals surface area contributed by atoms with E-state index in [0.717, 1.165) is 94.3 Å². The highest BCUT2D eigenvalue weighted by atomic mass is 16.5. The van der Waals surface area contributed by atoms with Crippen LogP contribution in [0.2, 0.25) is 0 Å². The molecule has 0 saturated heterocycles. The second-order valence-corrected chi connectivity index (χ2v) is 19.5. The normalized spacial score (nSPS) is 14.3. The van der Waals surface area contributed by atoms with Crippen molar-refractivity contribution in [3.63, 3.8) is 0 Å². The maximum Gasteiger partial charge on any atom is 0.140 e. The summed E-state index contributed by atoms with van der Waals surface area (Å²) < 4.78 is 13.8. The number of furan rings is 1. The Morgan fingerprint density at radius 2 is 0.913 bits per heavy atom. The predicted octanol–water partition coefficient (Wildman–Crippen LogP) is 17.8. The molecule has 0 unspecified atom stereocenters. The van der Waals surface area contributed by atoms with E-state index in [-0.39, 0.29) is 5.41 Å². The molecule has 0 saturated carbocycles. The fourth-order valence-corrected chi connectivity index (χ4v) is 12.7. The Labute approximate surface area is 400 Å². The van der Waals surface area contributed by atoms with Crippen LogP contribution in [0.25, 0.3) is 76.9 Å². The van der Waals surface area contributed by atoms with Gasteiger partial charge in [0.1, 0.15) is 22.7 Å². The Morgan fingerprint density at radius 1 is 0.362 bits per heavy atom. The maximum atomic E-state index is 7.24. The minimum absolute atomic E-state index is 0.176. The van der Waals surface area contributed by atoms with Gasteiger partial charge in [-0.25, -0.2) is 0 Å². The monoisotopic (exact) mass is 881 g/mol. The summed E-state index contributed by atoms with van der Waals surface area (Å²) in [6, 6.07) is 82.5. The molecule has 1 aromatic heterocycles. The van der Waals surface area contributed by atoms with E-state index in [0.29, 0.717) is 0 Å². The van der Waals surface area contributed by atoms with Crippen molar-refractivity contribution in [2.45, 2.75) is 24.7 Å². The molecule has 3 aliphatic rings. The average molecular weight is 882 g/mol. The summed E-state index contributed by atoms with van der Waals surface area (Å²) >= 11 is 0. The van der Waals surface area contributed by atoms with Crippen molar-refractivity contribution < 1.29 is 9.15 Å². The van der Waals surface area contributed by atoms with Gasteiger partial charge in [-0.15, -0.1) is 0 Å². The molecular weight excluding hydrogens is 839 g/mol. The van der Waals surface area contributed by atoms with Gasteiger partial charge in [0.05, 0.1) is 22.2 Å². The smallest absolute Gasteiger partial charge is 0.140 e. The number of ether oxygens (including phenoxy) is 1. The van der Waals surface area contributed by atoms with E-state index in [2.05, 4.69) is 243 Å². The lowest BCUT2D eigenvalue weighted by Gasteiger charge is -2.40. The van der Waals surface area contributed by atoms with E-state index in [1.54, 1.807) is 0 Å². The van der Waals surface area contributed by atoms with E-state index < -0.39 is 5.41 Å². The predicted molar refractivity (Wildman–Crippen MR) is 284 cm³/mol. The molecule has 2 heterocycles. The molecule has 1 spiro atoms. The molecule has 0 fully saturated rings. The summed E-state index contributed by atoms with van der Waals surface area (Å²) in [4.78, 5) is 2.48. The number of hydrogen-bond donors (Lipinski definition) is 0. The van der Waals surface area contributed by atoms with Crippen molar-refractivity contribution in [1.29, 1.82) is 0 Å². The fourth-order valence-electron chi connectivity index (χ4n) is 12.7. The number of fused-ring (bicyclic) bond motifs is 19. The van der Waals surface area contributed by atoms with Crippen LogP contribution in [-0.4, -0.2) is 0 Å². The molecule has 12 aromatic rings.